The largest absolute Gasteiger partial charge is 0.345 e. The van der Waals surface area contributed by atoms with Crippen molar-refractivity contribution < 1.29 is 9.72 Å². The monoisotopic (exact) mass is 293 g/mol. The highest BCUT2D eigenvalue weighted by Crippen LogP contribution is 2.26. The van der Waals surface area contributed by atoms with Crippen molar-refractivity contribution in [3.8, 4) is 0 Å². The van der Waals surface area contributed by atoms with E-state index in [0.717, 1.165) is 17.5 Å². The molecule has 0 aliphatic rings. The Morgan fingerprint density at radius 2 is 2.33 bits per heavy atom. The normalized spacial score (nSPS) is 11.1. The van der Waals surface area contributed by atoms with Crippen molar-refractivity contribution in [2.75, 3.05) is 5.32 Å². The minimum atomic E-state index is -0.729. The second-order valence-corrected chi connectivity index (χ2v) is 6.18. The summed E-state index contributed by atoms with van der Waals surface area (Å²) < 4.78 is -0.729. The highest BCUT2D eigenvalue weighted by Gasteiger charge is 2.25. The number of thiazole rings is 1. The summed E-state index contributed by atoms with van der Waals surface area (Å²) in [7, 11) is 0. The average Bonchev–Trinajstić information content (AvgIpc) is 2.50. The van der Waals surface area contributed by atoms with Crippen molar-refractivity contribution in [2.45, 2.75) is 18.2 Å². The minimum Gasteiger partial charge on any atom is -0.301 e. The third-order valence-corrected chi connectivity index (χ3v) is 2.66. The van der Waals surface area contributed by atoms with Crippen molar-refractivity contribution in [1.29, 1.82) is 0 Å². The summed E-state index contributed by atoms with van der Waals surface area (Å²) in [5, 5.41) is 12.9. The van der Waals surface area contributed by atoms with Crippen LogP contribution in [0.1, 0.15) is 13.8 Å². The SMILES string of the molecule is CC(C)(Br)C(=O)Nc1ncc([N+](=O)[O-])s1. The summed E-state index contributed by atoms with van der Waals surface area (Å²) in [6, 6.07) is 0. The number of rotatable bonds is 3. The number of nitro groups is 1. The maximum Gasteiger partial charge on any atom is 0.345 e. The van der Waals surface area contributed by atoms with Gasteiger partial charge in [0.05, 0.1) is 9.25 Å². The van der Waals surface area contributed by atoms with Crippen LogP contribution in [0.25, 0.3) is 0 Å². The van der Waals surface area contributed by atoms with Crippen molar-refractivity contribution in [3.63, 3.8) is 0 Å². The molecule has 0 atom stereocenters. The molecule has 15 heavy (non-hydrogen) atoms. The lowest BCUT2D eigenvalue weighted by Gasteiger charge is -2.13. The molecule has 1 amide bonds. The van der Waals surface area contributed by atoms with Gasteiger partial charge in [-0.1, -0.05) is 15.9 Å². The first-order valence-corrected chi connectivity index (χ1v) is 5.52. The van der Waals surface area contributed by atoms with Crippen molar-refractivity contribution >= 4 is 43.3 Å². The van der Waals surface area contributed by atoms with Gasteiger partial charge in [-0.15, -0.1) is 0 Å². The fourth-order valence-electron chi connectivity index (χ4n) is 0.654. The lowest BCUT2D eigenvalue weighted by atomic mass is 10.2. The number of anilines is 1. The maximum atomic E-state index is 11.5. The fraction of sp³-hybridized carbons (Fsp3) is 0.429. The second-order valence-electron chi connectivity index (χ2n) is 3.19. The Morgan fingerprint density at radius 3 is 2.73 bits per heavy atom. The fourth-order valence-corrected chi connectivity index (χ4v) is 1.38. The van der Waals surface area contributed by atoms with E-state index in [4.69, 9.17) is 0 Å². The molecule has 0 aliphatic carbocycles. The average molecular weight is 294 g/mol. The van der Waals surface area contributed by atoms with E-state index < -0.39 is 9.25 Å². The van der Waals surface area contributed by atoms with Gasteiger partial charge in [-0.25, -0.2) is 4.98 Å². The lowest BCUT2D eigenvalue weighted by molar-refractivity contribution is -0.380. The van der Waals surface area contributed by atoms with Crippen LogP contribution < -0.4 is 5.32 Å². The maximum absolute atomic E-state index is 11.5. The van der Waals surface area contributed by atoms with Crippen molar-refractivity contribution in [3.05, 3.63) is 16.3 Å². The number of hydrogen-bond acceptors (Lipinski definition) is 5. The molecule has 0 spiro atoms. The van der Waals surface area contributed by atoms with Crippen LogP contribution in [0.3, 0.4) is 0 Å². The number of alkyl halides is 1. The predicted molar refractivity (Wildman–Crippen MR) is 60.4 cm³/mol. The predicted octanol–water partition coefficient (Wildman–Crippen LogP) is 2.16. The van der Waals surface area contributed by atoms with Crippen LogP contribution in [-0.2, 0) is 4.79 Å². The molecule has 82 valence electrons. The standard InChI is InChI=1S/C7H8BrN3O3S/c1-7(2,8)5(12)10-6-9-3-4(15-6)11(13)14/h3H,1-2H3,(H,9,10,12). The van der Waals surface area contributed by atoms with Gasteiger partial charge >= 0.3 is 5.00 Å². The molecular weight excluding hydrogens is 286 g/mol. The van der Waals surface area contributed by atoms with Gasteiger partial charge in [0.2, 0.25) is 5.91 Å². The molecule has 1 heterocycles. The van der Waals surface area contributed by atoms with Crippen LogP contribution in [0.4, 0.5) is 10.1 Å². The Balaban J connectivity index is 2.74. The van der Waals surface area contributed by atoms with Gasteiger partial charge in [0, 0.05) is 0 Å². The number of nitrogens with zero attached hydrogens (tertiary/aromatic N) is 2. The van der Waals surface area contributed by atoms with Crippen LogP contribution in [0.5, 0.6) is 0 Å². The number of carbonyl (C=O) groups is 1. The summed E-state index contributed by atoms with van der Waals surface area (Å²) >= 11 is 3.99. The third kappa shape index (κ3) is 3.24. The lowest BCUT2D eigenvalue weighted by Crippen LogP contribution is -2.30. The molecule has 0 bridgehead atoms. The number of amides is 1. The molecule has 1 rings (SSSR count). The molecule has 0 saturated carbocycles. The number of carbonyl (C=O) groups excluding carboxylic acids is 1. The molecule has 0 fully saturated rings. The van der Waals surface area contributed by atoms with Gasteiger partial charge in [0.25, 0.3) is 0 Å². The van der Waals surface area contributed by atoms with Crippen molar-refractivity contribution in [2.24, 2.45) is 0 Å². The van der Waals surface area contributed by atoms with Gasteiger partial charge in [-0.3, -0.25) is 14.9 Å². The zero-order valence-electron chi connectivity index (χ0n) is 7.98. The highest BCUT2D eigenvalue weighted by molar-refractivity contribution is 9.10. The Kier molecular flexibility index (Phi) is 3.40. The smallest absolute Gasteiger partial charge is 0.301 e. The van der Waals surface area contributed by atoms with Crippen molar-refractivity contribution in [1.82, 2.24) is 4.98 Å². The minimum absolute atomic E-state index is 0.0994. The Hall–Kier alpha value is -1.02. The summed E-state index contributed by atoms with van der Waals surface area (Å²) in [4.78, 5) is 25.0. The van der Waals surface area contributed by atoms with Gasteiger partial charge in [-0.05, 0) is 25.2 Å². The molecular formula is C7H8BrN3O3S. The molecule has 1 aromatic heterocycles. The summed E-state index contributed by atoms with van der Waals surface area (Å²) in [6.07, 6.45) is 1.11. The highest BCUT2D eigenvalue weighted by atomic mass is 79.9. The first-order valence-electron chi connectivity index (χ1n) is 3.91. The summed E-state index contributed by atoms with van der Waals surface area (Å²) in [5.41, 5.74) is 0. The molecule has 0 aromatic carbocycles. The molecule has 0 saturated heterocycles. The molecule has 6 nitrogen and oxygen atoms in total. The molecule has 8 heteroatoms. The van der Waals surface area contributed by atoms with Gasteiger partial charge in [-0.2, -0.15) is 0 Å². The topological polar surface area (TPSA) is 85.1 Å². The van der Waals surface area contributed by atoms with E-state index in [1.807, 2.05) is 0 Å². The van der Waals surface area contributed by atoms with E-state index in [9.17, 15) is 14.9 Å². The molecule has 0 aliphatic heterocycles. The van der Waals surface area contributed by atoms with E-state index >= 15 is 0 Å². The number of aromatic nitrogens is 1. The molecule has 1 aromatic rings. The Bertz CT molecular complexity index is 398. The zero-order valence-corrected chi connectivity index (χ0v) is 10.4. The first-order chi connectivity index (χ1) is 6.80. The van der Waals surface area contributed by atoms with E-state index in [0.29, 0.717) is 0 Å². The van der Waals surface area contributed by atoms with Crippen LogP contribution in [0, 0.1) is 10.1 Å². The van der Waals surface area contributed by atoms with E-state index in [1.54, 1.807) is 13.8 Å². The molecule has 0 unspecified atom stereocenters. The number of hydrogen-bond donors (Lipinski definition) is 1. The van der Waals surface area contributed by atoms with Gasteiger partial charge in [0.15, 0.2) is 5.13 Å². The van der Waals surface area contributed by atoms with Crippen LogP contribution in [0.15, 0.2) is 6.20 Å². The van der Waals surface area contributed by atoms with Crippen LogP contribution in [0.2, 0.25) is 0 Å². The van der Waals surface area contributed by atoms with Crippen LogP contribution in [-0.4, -0.2) is 20.1 Å². The third-order valence-electron chi connectivity index (χ3n) is 1.43. The quantitative estimate of drug-likeness (QED) is 0.526. The molecule has 1 N–H and O–H groups in total. The van der Waals surface area contributed by atoms with Gasteiger partial charge in [0.1, 0.15) is 6.20 Å². The number of nitrogens with one attached hydrogen (secondary N) is 1. The van der Waals surface area contributed by atoms with Gasteiger partial charge < -0.3 is 5.32 Å². The van der Waals surface area contributed by atoms with Crippen LogP contribution >= 0.6 is 27.3 Å². The first kappa shape index (κ1) is 12.1. The zero-order chi connectivity index (χ0) is 11.6. The van der Waals surface area contributed by atoms with E-state index in [2.05, 4.69) is 26.2 Å². The molecule has 0 radical (unpaired) electrons. The summed E-state index contributed by atoms with van der Waals surface area (Å²) in [5.74, 6) is -0.299. The number of halogens is 1. The van der Waals surface area contributed by atoms with E-state index in [1.165, 1.54) is 0 Å². The summed E-state index contributed by atoms with van der Waals surface area (Å²) in [6.45, 7) is 3.34. The Morgan fingerprint density at radius 1 is 1.73 bits per heavy atom. The van der Waals surface area contributed by atoms with E-state index in [-0.39, 0.29) is 16.0 Å². The Labute approximate surface area is 98.0 Å². The second kappa shape index (κ2) is 4.23.